The first-order valence-electron chi connectivity index (χ1n) is 4.47. The molecule has 0 aromatic carbocycles. The van der Waals surface area contributed by atoms with Crippen molar-refractivity contribution in [2.45, 2.75) is 13.3 Å². The van der Waals surface area contributed by atoms with Crippen molar-refractivity contribution in [1.29, 1.82) is 0 Å². The van der Waals surface area contributed by atoms with Crippen molar-refractivity contribution in [1.82, 2.24) is 4.98 Å². The fourth-order valence-electron chi connectivity index (χ4n) is 1.07. The van der Waals surface area contributed by atoms with Crippen molar-refractivity contribution in [2.24, 2.45) is 0 Å². The molecule has 0 radical (unpaired) electrons. The third kappa shape index (κ3) is 3.27. The van der Waals surface area contributed by atoms with E-state index < -0.39 is 4.92 Å². The van der Waals surface area contributed by atoms with Gasteiger partial charge in [-0.05, 0) is 13.0 Å². The van der Waals surface area contributed by atoms with Crippen LogP contribution in [0.25, 0.3) is 0 Å². The van der Waals surface area contributed by atoms with Gasteiger partial charge in [-0.1, -0.05) is 0 Å². The van der Waals surface area contributed by atoms with Gasteiger partial charge in [0.05, 0.1) is 4.92 Å². The molecule has 0 saturated carbocycles. The number of hydrogen-bond donors (Lipinski definition) is 1. The van der Waals surface area contributed by atoms with Crippen LogP contribution in [0.3, 0.4) is 0 Å². The quantitative estimate of drug-likeness (QED) is 0.352. The Balaban J connectivity index is 2.66. The van der Waals surface area contributed by atoms with Gasteiger partial charge in [0.25, 0.3) is 0 Å². The summed E-state index contributed by atoms with van der Waals surface area (Å²) in [6, 6.07) is 1.58. The molecular formula is C10H11N3O2. The second kappa shape index (κ2) is 5.60. The lowest BCUT2D eigenvalue weighted by atomic mass is 10.3. The number of pyridine rings is 1. The Labute approximate surface area is 87.7 Å². The number of nitro groups is 1. The molecule has 0 spiro atoms. The second-order valence-corrected chi connectivity index (χ2v) is 2.75. The highest BCUT2D eigenvalue weighted by atomic mass is 16.6. The maximum atomic E-state index is 10.6. The fourth-order valence-corrected chi connectivity index (χ4v) is 1.07. The zero-order valence-corrected chi connectivity index (χ0v) is 8.36. The van der Waals surface area contributed by atoms with Gasteiger partial charge < -0.3 is 5.32 Å². The van der Waals surface area contributed by atoms with Crippen molar-refractivity contribution < 1.29 is 4.92 Å². The highest BCUT2D eigenvalue weighted by Crippen LogP contribution is 2.21. The number of nitrogens with one attached hydrogen (secondary N) is 1. The van der Waals surface area contributed by atoms with Gasteiger partial charge in [0.15, 0.2) is 0 Å². The van der Waals surface area contributed by atoms with Crippen LogP contribution < -0.4 is 5.32 Å². The molecule has 1 heterocycles. The predicted octanol–water partition coefficient (Wildman–Crippen LogP) is 1.82. The summed E-state index contributed by atoms with van der Waals surface area (Å²) in [4.78, 5) is 13.9. The first kappa shape index (κ1) is 11.0. The molecule has 0 unspecified atom stereocenters. The van der Waals surface area contributed by atoms with Gasteiger partial charge in [0.1, 0.15) is 11.9 Å². The normalized spacial score (nSPS) is 8.87. The highest BCUT2D eigenvalue weighted by molar-refractivity contribution is 5.59. The Bertz CT molecular complexity index is 407. The van der Waals surface area contributed by atoms with Crippen LogP contribution >= 0.6 is 0 Å². The summed E-state index contributed by atoms with van der Waals surface area (Å²) < 4.78 is 0. The zero-order chi connectivity index (χ0) is 11.1. The SMILES string of the molecule is CC#CCCNc1ccncc1[N+](=O)[O-]. The van der Waals surface area contributed by atoms with Crippen LogP contribution in [-0.4, -0.2) is 16.5 Å². The van der Waals surface area contributed by atoms with E-state index in [0.717, 1.165) is 0 Å². The number of anilines is 1. The maximum absolute atomic E-state index is 10.6. The van der Waals surface area contributed by atoms with E-state index in [1.807, 2.05) is 0 Å². The molecule has 78 valence electrons. The van der Waals surface area contributed by atoms with E-state index in [-0.39, 0.29) is 5.69 Å². The van der Waals surface area contributed by atoms with E-state index >= 15 is 0 Å². The van der Waals surface area contributed by atoms with Crippen LogP contribution in [0.1, 0.15) is 13.3 Å². The van der Waals surface area contributed by atoms with Crippen molar-refractivity contribution in [3.8, 4) is 11.8 Å². The molecule has 0 saturated heterocycles. The summed E-state index contributed by atoms with van der Waals surface area (Å²) in [5.74, 6) is 5.62. The Kier molecular flexibility index (Phi) is 4.10. The molecule has 0 aliphatic heterocycles. The largest absolute Gasteiger partial charge is 0.378 e. The summed E-state index contributed by atoms with van der Waals surface area (Å²) in [6.45, 7) is 2.35. The van der Waals surface area contributed by atoms with Crippen LogP contribution in [0.4, 0.5) is 11.4 Å². The molecule has 0 aliphatic carbocycles. The molecule has 1 rings (SSSR count). The predicted molar refractivity (Wildman–Crippen MR) is 57.4 cm³/mol. The van der Waals surface area contributed by atoms with Gasteiger partial charge in [-0.25, -0.2) is 0 Å². The van der Waals surface area contributed by atoms with Gasteiger partial charge in [-0.2, -0.15) is 0 Å². The second-order valence-electron chi connectivity index (χ2n) is 2.75. The fraction of sp³-hybridized carbons (Fsp3) is 0.300. The van der Waals surface area contributed by atoms with E-state index in [2.05, 4.69) is 22.1 Å². The summed E-state index contributed by atoms with van der Waals surface area (Å²) in [5.41, 5.74) is 0.467. The lowest BCUT2D eigenvalue weighted by Crippen LogP contribution is -2.03. The molecule has 5 heteroatoms. The third-order valence-electron chi connectivity index (χ3n) is 1.74. The first-order valence-corrected chi connectivity index (χ1v) is 4.47. The summed E-state index contributed by atoms with van der Waals surface area (Å²) >= 11 is 0. The molecule has 0 aliphatic rings. The lowest BCUT2D eigenvalue weighted by Gasteiger charge is -2.03. The Hall–Kier alpha value is -2.09. The van der Waals surface area contributed by atoms with Crippen molar-refractivity contribution in [3.05, 3.63) is 28.6 Å². The van der Waals surface area contributed by atoms with Gasteiger partial charge in [-0.15, -0.1) is 11.8 Å². The molecular weight excluding hydrogens is 194 g/mol. The molecule has 1 aromatic heterocycles. The summed E-state index contributed by atoms with van der Waals surface area (Å²) in [7, 11) is 0. The number of nitrogens with zero attached hydrogens (tertiary/aromatic N) is 2. The standard InChI is InChI=1S/C10H11N3O2/c1-2-3-4-6-12-9-5-7-11-8-10(9)13(14)15/h5,7-8H,4,6H2,1H3,(H,11,12). The van der Waals surface area contributed by atoms with Gasteiger partial charge in [-0.3, -0.25) is 15.1 Å². The van der Waals surface area contributed by atoms with Crippen LogP contribution in [0.15, 0.2) is 18.5 Å². The summed E-state index contributed by atoms with van der Waals surface area (Å²) in [6.07, 6.45) is 3.41. The van der Waals surface area contributed by atoms with Crippen molar-refractivity contribution >= 4 is 11.4 Å². The molecule has 15 heavy (non-hydrogen) atoms. The Morgan fingerprint density at radius 3 is 3.13 bits per heavy atom. The molecule has 0 fully saturated rings. The van der Waals surface area contributed by atoms with Gasteiger partial charge in [0, 0.05) is 19.2 Å². The molecule has 1 aromatic rings. The number of aromatic nitrogens is 1. The van der Waals surface area contributed by atoms with Crippen LogP contribution in [0.5, 0.6) is 0 Å². The zero-order valence-electron chi connectivity index (χ0n) is 8.36. The van der Waals surface area contributed by atoms with Gasteiger partial charge in [0.2, 0.25) is 0 Å². The van der Waals surface area contributed by atoms with Gasteiger partial charge >= 0.3 is 5.69 Å². The molecule has 0 amide bonds. The van der Waals surface area contributed by atoms with Crippen LogP contribution in [-0.2, 0) is 0 Å². The highest BCUT2D eigenvalue weighted by Gasteiger charge is 2.11. The van der Waals surface area contributed by atoms with Crippen molar-refractivity contribution in [2.75, 3.05) is 11.9 Å². The summed E-state index contributed by atoms with van der Waals surface area (Å²) in [5, 5.41) is 13.6. The minimum atomic E-state index is -0.458. The average Bonchev–Trinajstić information content (AvgIpc) is 2.25. The minimum absolute atomic E-state index is 0.0121. The number of rotatable bonds is 4. The molecule has 5 nitrogen and oxygen atoms in total. The maximum Gasteiger partial charge on any atom is 0.310 e. The Morgan fingerprint density at radius 1 is 1.67 bits per heavy atom. The Morgan fingerprint density at radius 2 is 2.47 bits per heavy atom. The van der Waals surface area contributed by atoms with E-state index in [4.69, 9.17) is 0 Å². The number of hydrogen-bond acceptors (Lipinski definition) is 4. The van der Waals surface area contributed by atoms with E-state index in [0.29, 0.717) is 18.7 Å². The van der Waals surface area contributed by atoms with Crippen molar-refractivity contribution in [3.63, 3.8) is 0 Å². The molecule has 1 N–H and O–H groups in total. The van der Waals surface area contributed by atoms with E-state index in [1.165, 1.54) is 12.4 Å². The van der Waals surface area contributed by atoms with Crippen LogP contribution in [0, 0.1) is 22.0 Å². The topological polar surface area (TPSA) is 68.1 Å². The van der Waals surface area contributed by atoms with Crippen LogP contribution in [0.2, 0.25) is 0 Å². The molecule has 0 atom stereocenters. The van der Waals surface area contributed by atoms with E-state index in [1.54, 1.807) is 13.0 Å². The first-order chi connectivity index (χ1) is 7.25. The molecule has 0 bridgehead atoms. The average molecular weight is 205 g/mol. The third-order valence-corrected chi connectivity index (χ3v) is 1.74. The van der Waals surface area contributed by atoms with E-state index in [9.17, 15) is 10.1 Å². The lowest BCUT2D eigenvalue weighted by molar-refractivity contribution is -0.384. The smallest absolute Gasteiger partial charge is 0.310 e. The monoisotopic (exact) mass is 205 g/mol. The minimum Gasteiger partial charge on any atom is -0.378 e.